The molecule has 1 atom stereocenters. The average Bonchev–Trinajstić information content (AvgIpc) is 2.18. The minimum Gasteiger partial charge on any atom is -0.366 e. The van der Waals surface area contributed by atoms with E-state index in [1.54, 1.807) is 31.2 Å². The molecule has 1 rings (SSSR count). The van der Waals surface area contributed by atoms with E-state index < -0.39 is 5.60 Å². The number of aldehydes is 1. The summed E-state index contributed by atoms with van der Waals surface area (Å²) in [5, 5.41) is 0.646. The molecular weight excluding hydrogens is 188 g/mol. The summed E-state index contributed by atoms with van der Waals surface area (Å²) in [6.07, 6.45) is 0.774. The average molecular weight is 199 g/mol. The Labute approximate surface area is 82.5 Å². The van der Waals surface area contributed by atoms with Crippen molar-refractivity contribution in [3.63, 3.8) is 0 Å². The molecule has 0 radical (unpaired) electrons. The minimum atomic E-state index is -0.870. The van der Waals surface area contributed by atoms with Crippen LogP contribution in [0.1, 0.15) is 12.5 Å². The molecule has 1 aromatic carbocycles. The van der Waals surface area contributed by atoms with Crippen molar-refractivity contribution >= 4 is 17.9 Å². The summed E-state index contributed by atoms with van der Waals surface area (Å²) < 4.78 is 5.10. The fourth-order valence-corrected chi connectivity index (χ4v) is 1.14. The quantitative estimate of drug-likeness (QED) is 0.698. The molecule has 13 heavy (non-hydrogen) atoms. The van der Waals surface area contributed by atoms with E-state index in [-0.39, 0.29) is 0 Å². The Kier molecular flexibility index (Phi) is 3.07. The fourth-order valence-electron chi connectivity index (χ4n) is 1.01. The van der Waals surface area contributed by atoms with E-state index in [0.29, 0.717) is 5.02 Å². The number of hydrogen-bond acceptors (Lipinski definition) is 2. The predicted octanol–water partition coefficient (Wildman–Crippen LogP) is 2.40. The topological polar surface area (TPSA) is 26.3 Å². The lowest BCUT2D eigenvalue weighted by Crippen LogP contribution is -2.25. The highest BCUT2D eigenvalue weighted by Crippen LogP contribution is 2.23. The molecule has 0 spiro atoms. The van der Waals surface area contributed by atoms with Crippen LogP contribution in [-0.4, -0.2) is 13.4 Å². The van der Waals surface area contributed by atoms with Crippen molar-refractivity contribution in [2.75, 3.05) is 7.11 Å². The van der Waals surface area contributed by atoms with Gasteiger partial charge in [0.2, 0.25) is 0 Å². The first-order valence-corrected chi connectivity index (χ1v) is 4.28. The van der Waals surface area contributed by atoms with Crippen molar-refractivity contribution in [1.82, 2.24) is 0 Å². The normalized spacial score (nSPS) is 15.0. The van der Waals surface area contributed by atoms with Crippen molar-refractivity contribution < 1.29 is 9.53 Å². The molecule has 70 valence electrons. The standard InChI is InChI=1S/C10H11ClO2/c1-10(7-12,13-2)8-3-5-9(11)6-4-8/h3-7H,1-2H3/t10-/m1/s1. The number of hydrogen-bond donors (Lipinski definition) is 0. The van der Waals surface area contributed by atoms with Gasteiger partial charge in [-0.05, 0) is 24.6 Å². The minimum absolute atomic E-state index is 0.646. The third kappa shape index (κ3) is 2.08. The van der Waals surface area contributed by atoms with Crippen molar-refractivity contribution in [2.24, 2.45) is 0 Å². The first-order chi connectivity index (χ1) is 6.12. The predicted molar refractivity (Wildman–Crippen MR) is 51.9 cm³/mol. The van der Waals surface area contributed by atoms with Crippen LogP contribution in [-0.2, 0) is 15.1 Å². The number of rotatable bonds is 3. The first-order valence-electron chi connectivity index (χ1n) is 3.90. The van der Waals surface area contributed by atoms with E-state index in [2.05, 4.69) is 0 Å². The number of carbonyl (C=O) groups is 1. The van der Waals surface area contributed by atoms with Crippen molar-refractivity contribution in [3.05, 3.63) is 34.9 Å². The van der Waals surface area contributed by atoms with Gasteiger partial charge in [-0.3, -0.25) is 4.79 Å². The molecule has 0 aromatic heterocycles. The van der Waals surface area contributed by atoms with Crippen LogP contribution in [0.4, 0.5) is 0 Å². The molecule has 0 aliphatic heterocycles. The SMILES string of the molecule is CO[C@](C)(C=O)c1ccc(Cl)cc1. The Hall–Kier alpha value is -0.860. The summed E-state index contributed by atoms with van der Waals surface area (Å²) in [5.41, 5.74) is -0.0701. The first kappa shape index (κ1) is 10.2. The molecular formula is C10H11ClO2. The molecule has 0 saturated carbocycles. The lowest BCUT2D eigenvalue weighted by Gasteiger charge is -2.21. The maximum absolute atomic E-state index is 10.8. The van der Waals surface area contributed by atoms with E-state index in [4.69, 9.17) is 16.3 Å². The second kappa shape index (κ2) is 3.90. The van der Waals surface area contributed by atoms with Gasteiger partial charge < -0.3 is 4.74 Å². The third-order valence-corrected chi connectivity index (χ3v) is 2.32. The molecule has 0 fully saturated rings. The maximum atomic E-state index is 10.8. The molecule has 0 bridgehead atoms. The molecule has 0 amide bonds. The molecule has 2 nitrogen and oxygen atoms in total. The molecule has 0 aliphatic rings. The summed E-state index contributed by atoms with van der Waals surface area (Å²) in [5.74, 6) is 0. The van der Waals surface area contributed by atoms with E-state index >= 15 is 0 Å². The van der Waals surface area contributed by atoms with Crippen LogP contribution >= 0.6 is 11.6 Å². The Bertz CT molecular complexity index is 294. The number of carbonyl (C=O) groups excluding carboxylic acids is 1. The molecule has 0 saturated heterocycles. The van der Waals surface area contributed by atoms with E-state index in [1.165, 1.54) is 7.11 Å². The Morgan fingerprint density at radius 2 is 1.92 bits per heavy atom. The highest BCUT2D eigenvalue weighted by atomic mass is 35.5. The van der Waals surface area contributed by atoms with Gasteiger partial charge in [-0.2, -0.15) is 0 Å². The van der Waals surface area contributed by atoms with Crippen molar-refractivity contribution in [2.45, 2.75) is 12.5 Å². The summed E-state index contributed by atoms with van der Waals surface area (Å²) >= 11 is 5.72. The van der Waals surface area contributed by atoms with Gasteiger partial charge in [-0.15, -0.1) is 0 Å². The summed E-state index contributed by atoms with van der Waals surface area (Å²) in [6, 6.07) is 7.02. The Balaban J connectivity index is 3.06. The summed E-state index contributed by atoms with van der Waals surface area (Å²) in [6.45, 7) is 1.71. The third-order valence-electron chi connectivity index (χ3n) is 2.07. The highest BCUT2D eigenvalue weighted by Gasteiger charge is 2.24. The second-order valence-electron chi connectivity index (χ2n) is 2.94. The van der Waals surface area contributed by atoms with Crippen LogP contribution in [0.3, 0.4) is 0 Å². The van der Waals surface area contributed by atoms with E-state index in [9.17, 15) is 4.79 Å². The van der Waals surface area contributed by atoms with Crippen LogP contribution in [0.15, 0.2) is 24.3 Å². The highest BCUT2D eigenvalue weighted by molar-refractivity contribution is 6.30. The van der Waals surface area contributed by atoms with Crippen LogP contribution in [0.2, 0.25) is 5.02 Å². The number of ether oxygens (including phenoxy) is 1. The number of methoxy groups -OCH3 is 1. The second-order valence-corrected chi connectivity index (χ2v) is 3.37. The largest absolute Gasteiger partial charge is 0.366 e. The van der Waals surface area contributed by atoms with Gasteiger partial charge in [0.1, 0.15) is 5.60 Å². The van der Waals surface area contributed by atoms with E-state index in [1.807, 2.05) is 0 Å². The summed E-state index contributed by atoms with van der Waals surface area (Å²) in [4.78, 5) is 10.8. The van der Waals surface area contributed by atoms with Gasteiger partial charge in [0.25, 0.3) is 0 Å². The monoisotopic (exact) mass is 198 g/mol. The lowest BCUT2D eigenvalue weighted by atomic mass is 9.98. The van der Waals surface area contributed by atoms with Gasteiger partial charge in [-0.25, -0.2) is 0 Å². The van der Waals surface area contributed by atoms with Gasteiger partial charge in [0.05, 0.1) is 0 Å². The summed E-state index contributed by atoms with van der Waals surface area (Å²) in [7, 11) is 1.50. The zero-order chi connectivity index (χ0) is 9.90. The lowest BCUT2D eigenvalue weighted by molar-refractivity contribution is -0.126. The number of halogens is 1. The van der Waals surface area contributed by atoms with Gasteiger partial charge in [0.15, 0.2) is 6.29 Å². The molecule has 3 heteroatoms. The van der Waals surface area contributed by atoms with Gasteiger partial charge in [0, 0.05) is 12.1 Å². The zero-order valence-corrected chi connectivity index (χ0v) is 8.34. The molecule has 0 unspecified atom stereocenters. The van der Waals surface area contributed by atoms with Crippen molar-refractivity contribution in [1.29, 1.82) is 0 Å². The molecule has 1 aromatic rings. The van der Waals surface area contributed by atoms with Crippen LogP contribution in [0, 0.1) is 0 Å². The van der Waals surface area contributed by atoms with Crippen LogP contribution < -0.4 is 0 Å². The van der Waals surface area contributed by atoms with Gasteiger partial charge in [-0.1, -0.05) is 23.7 Å². The molecule has 0 N–H and O–H groups in total. The Morgan fingerprint density at radius 1 is 1.38 bits per heavy atom. The smallest absolute Gasteiger partial charge is 0.156 e. The maximum Gasteiger partial charge on any atom is 0.156 e. The van der Waals surface area contributed by atoms with E-state index in [0.717, 1.165) is 11.8 Å². The van der Waals surface area contributed by atoms with Crippen LogP contribution in [0.5, 0.6) is 0 Å². The molecule has 0 heterocycles. The fraction of sp³-hybridized carbons (Fsp3) is 0.300. The number of benzene rings is 1. The molecule has 0 aliphatic carbocycles. The van der Waals surface area contributed by atoms with Crippen LogP contribution in [0.25, 0.3) is 0 Å². The van der Waals surface area contributed by atoms with Crippen molar-refractivity contribution in [3.8, 4) is 0 Å². The van der Waals surface area contributed by atoms with Gasteiger partial charge >= 0.3 is 0 Å². The zero-order valence-electron chi connectivity index (χ0n) is 7.58. The Morgan fingerprint density at radius 3 is 2.31 bits per heavy atom.